The second-order valence-corrected chi connectivity index (χ2v) is 15.9. The maximum atomic E-state index is 14.8. The molecule has 0 aliphatic carbocycles. The van der Waals surface area contributed by atoms with E-state index in [9.17, 15) is 69.1 Å². The third-order valence-electron chi connectivity index (χ3n) is 6.44. The molecule has 0 unspecified atom stereocenters. The number of halogens is 16. The number of pyridine rings is 4. The minimum atomic E-state index is -10.7. The van der Waals surface area contributed by atoms with E-state index in [1.807, 2.05) is 36.4 Å². The first-order valence-electron chi connectivity index (χ1n) is 14.7. The van der Waals surface area contributed by atoms with Crippen LogP contribution in [0.5, 0.6) is 0 Å². The Labute approximate surface area is 312 Å². The van der Waals surface area contributed by atoms with Gasteiger partial charge in [-0.05, 0) is 24.3 Å². The normalized spacial score (nSPS) is 13.1. The predicted molar refractivity (Wildman–Crippen MR) is 169 cm³/mol. The summed E-state index contributed by atoms with van der Waals surface area (Å²) in [5.74, 6) is -4.45. The van der Waals surface area contributed by atoms with Gasteiger partial charge in [0.15, 0.2) is 0 Å². The van der Waals surface area contributed by atoms with Crippen LogP contribution in [-0.4, -0.2) is 19.9 Å². The van der Waals surface area contributed by atoms with Crippen LogP contribution in [-0.2, 0) is 30.0 Å². The third-order valence-corrected chi connectivity index (χ3v) is 9.62. The van der Waals surface area contributed by atoms with E-state index in [4.69, 9.17) is 0 Å². The van der Waals surface area contributed by atoms with Gasteiger partial charge in [0.25, 0.3) is 0 Å². The second-order valence-electron chi connectivity index (χ2n) is 10.8. The fourth-order valence-electron chi connectivity index (χ4n) is 4.21. The van der Waals surface area contributed by atoms with Crippen LogP contribution in [0.1, 0.15) is 11.1 Å². The molecule has 6 rings (SSSR count). The van der Waals surface area contributed by atoms with E-state index in [1.165, 1.54) is 0 Å². The summed E-state index contributed by atoms with van der Waals surface area (Å²) in [4.78, 5) is 15.6. The van der Waals surface area contributed by atoms with Gasteiger partial charge in [0, 0.05) is 12.4 Å². The molecule has 0 amide bonds. The molecule has 56 heavy (non-hydrogen) atoms. The Morgan fingerprint density at radius 1 is 0.446 bits per heavy atom. The standard InChI is InChI=1S/2C12H5F5N.C10H8N2.F6P.Ir/c2*13-8-2-3-9(10(14)5-8)11-4-1-7(6-18-11)12(15,16)17;1-3-7-11-9(5-1)10-6-2-4-8-12-10;1-7(2,3,4,5)6;/h2*1-2,4-6H;1-8H;;/q;;;-1;+1. The molecule has 6 aromatic rings. The first kappa shape index (κ1) is 43.7. The van der Waals surface area contributed by atoms with Gasteiger partial charge in [0.1, 0.15) is 0 Å². The monoisotopic (exact) mass is 1010 g/mol. The van der Waals surface area contributed by atoms with Gasteiger partial charge in [-0.15, -0.1) is 0 Å². The van der Waals surface area contributed by atoms with E-state index >= 15 is 0 Å². The molecule has 0 N–H and O–H groups in total. The van der Waals surface area contributed by atoms with Crippen molar-refractivity contribution in [3.05, 3.63) is 144 Å². The van der Waals surface area contributed by atoms with Gasteiger partial charge in [-0.1, -0.05) is 12.1 Å². The predicted octanol–water partition coefficient (Wildman–Crippen LogP) is 12.0. The molecule has 4 nitrogen and oxygen atoms in total. The van der Waals surface area contributed by atoms with E-state index in [-0.39, 0.29) is 30.7 Å². The van der Waals surface area contributed by atoms with E-state index in [0.29, 0.717) is 36.7 Å². The molecule has 300 valence electrons. The van der Waals surface area contributed by atoms with Crippen molar-refractivity contribution >= 4 is 16.0 Å². The molecular formula is C34H18F16IrN4P. The zero-order chi connectivity index (χ0) is 41.8. The van der Waals surface area contributed by atoms with Crippen molar-refractivity contribution in [1.29, 1.82) is 0 Å². The Morgan fingerprint density at radius 3 is 1.07 bits per heavy atom. The van der Waals surface area contributed by atoms with Crippen molar-refractivity contribution in [2.45, 2.75) is 12.4 Å². The summed E-state index contributed by atoms with van der Waals surface area (Å²) >= 11 is -2.06. The molecule has 0 radical (unpaired) electrons. The Bertz CT molecular complexity index is 2110. The molecule has 0 aliphatic rings. The topological polar surface area (TPSA) is 51.6 Å². The Kier molecular flexibility index (Phi) is 12.4. The summed E-state index contributed by atoms with van der Waals surface area (Å²) in [5, 5.41) is 0. The van der Waals surface area contributed by atoms with Gasteiger partial charge in [0.05, 0.1) is 11.4 Å². The number of rotatable bonds is 5. The van der Waals surface area contributed by atoms with Gasteiger partial charge in [0.2, 0.25) is 0 Å². The van der Waals surface area contributed by atoms with Gasteiger partial charge in [-0.3, -0.25) is 9.97 Å². The summed E-state index contributed by atoms with van der Waals surface area (Å²) in [7, 11) is -10.7. The first-order chi connectivity index (χ1) is 25.7. The van der Waals surface area contributed by atoms with E-state index in [1.54, 1.807) is 12.4 Å². The van der Waals surface area contributed by atoms with Crippen LogP contribution in [0.2, 0.25) is 0 Å². The molecular weight excluding hydrogens is 992 g/mol. The molecule has 0 atom stereocenters. The molecule has 0 spiro atoms. The Hall–Kier alpha value is -5.00. The van der Waals surface area contributed by atoms with Crippen LogP contribution in [0.4, 0.5) is 69.1 Å². The number of alkyl halides is 6. The van der Waals surface area contributed by atoms with Crippen molar-refractivity contribution in [2.75, 3.05) is 0 Å². The first-order valence-corrected chi connectivity index (χ1v) is 19.1. The van der Waals surface area contributed by atoms with Crippen molar-refractivity contribution in [3.8, 4) is 33.9 Å². The minimum absolute atomic E-state index is 0.108. The number of hydrogen-bond acceptors (Lipinski definition) is 4. The number of hydrogen-bond donors (Lipinski definition) is 0. The maximum Gasteiger partial charge on any atom is 0.0886 e. The average molecular weight is 1010 g/mol. The van der Waals surface area contributed by atoms with Crippen LogP contribution in [0, 0.1) is 23.3 Å². The SMILES string of the molecule is F[P-](F)(F)(F)(F)F.Fc1cc(F)c(-c2ccc(C(F)(F)F)cn2)[c]([Ir+][c]2cc(F)cc(F)c2-c2ccc(C(F)(F)F)cn2)c1.c1ccc(-c2ccccn2)nc1. The molecule has 0 bridgehead atoms. The quantitative estimate of drug-likeness (QED) is 0.128. The van der Waals surface area contributed by atoms with E-state index in [0.717, 1.165) is 35.7 Å². The average Bonchev–Trinajstić information content (AvgIpc) is 3.07. The van der Waals surface area contributed by atoms with Gasteiger partial charge in [-0.2, -0.15) is 0 Å². The van der Waals surface area contributed by atoms with Crippen molar-refractivity contribution < 1.29 is 86.8 Å². The number of nitrogens with zero attached hydrogens (tertiary/aromatic N) is 4. The summed E-state index contributed by atoms with van der Waals surface area (Å²) in [6, 6.07) is 17.3. The van der Waals surface area contributed by atoms with Gasteiger partial charge in [-0.25, -0.2) is 0 Å². The molecule has 0 aliphatic heterocycles. The fraction of sp³-hybridized carbons (Fsp3) is 0.0588. The van der Waals surface area contributed by atoms with Crippen molar-refractivity contribution in [1.82, 2.24) is 19.9 Å². The summed E-state index contributed by atoms with van der Waals surface area (Å²) in [6.07, 6.45) is -4.98. The van der Waals surface area contributed by atoms with Crippen LogP contribution >= 0.6 is 7.81 Å². The fourth-order valence-corrected chi connectivity index (χ4v) is 7.70. The Balaban J connectivity index is 0.000000298. The molecule has 22 heteroatoms. The molecule has 0 saturated heterocycles. The zero-order valence-corrected chi connectivity index (χ0v) is 30.3. The van der Waals surface area contributed by atoms with Crippen LogP contribution in [0.3, 0.4) is 0 Å². The Morgan fingerprint density at radius 2 is 0.804 bits per heavy atom. The van der Waals surface area contributed by atoms with Crippen molar-refractivity contribution in [3.63, 3.8) is 0 Å². The molecule has 2 aromatic carbocycles. The smallest absolute Gasteiger partial charge is 0.0886 e. The van der Waals surface area contributed by atoms with E-state index in [2.05, 4.69) is 19.9 Å². The zero-order valence-electron chi connectivity index (χ0n) is 27.0. The minimum Gasteiger partial charge on any atom is -0.255 e. The largest absolute Gasteiger partial charge is 0.255 e. The molecule has 0 saturated carbocycles. The number of benzene rings is 2. The van der Waals surface area contributed by atoms with Crippen LogP contribution < -0.4 is 8.15 Å². The maximum absolute atomic E-state index is 14.8. The van der Waals surface area contributed by atoms with Gasteiger partial charge >= 0.3 is 243 Å². The van der Waals surface area contributed by atoms with Crippen LogP contribution in [0.15, 0.2) is 110 Å². The van der Waals surface area contributed by atoms with E-state index < -0.39 is 72.3 Å². The summed E-state index contributed by atoms with van der Waals surface area (Å²) < 4.78 is 194. The molecule has 4 aromatic heterocycles. The molecule has 4 heterocycles. The third kappa shape index (κ3) is 13.6. The van der Waals surface area contributed by atoms with Crippen molar-refractivity contribution in [2.24, 2.45) is 0 Å². The van der Waals surface area contributed by atoms with Gasteiger partial charge < -0.3 is 0 Å². The van der Waals surface area contributed by atoms with Crippen LogP contribution in [0.25, 0.3) is 33.9 Å². The molecule has 0 fully saturated rings. The second kappa shape index (κ2) is 15.9. The summed E-state index contributed by atoms with van der Waals surface area (Å²) in [6.45, 7) is 0. The summed E-state index contributed by atoms with van der Waals surface area (Å²) in [5.41, 5.74) is -1.70. The number of aromatic nitrogens is 4.